The summed E-state index contributed by atoms with van der Waals surface area (Å²) in [4.78, 5) is 31.9. The van der Waals surface area contributed by atoms with Gasteiger partial charge in [0, 0.05) is 36.4 Å². The number of benzene rings is 3. The molecule has 0 bridgehead atoms. The van der Waals surface area contributed by atoms with Gasteiger partial charge in [0.15, 0.2) is 0 Å². The lowest BCUT2D eigenvalue weighted by Gasteiger charge is -2.29. The van der Waals surface area contributed by atoms with Gasteiger partial charge in [-0.1, -0.05) is 66.2 Å². The number of carbonyl (C=O) groups excluding carboxylic acids is 2. The zero-order valence-electron chi connectivity index (χ0n) is 18.9. The van der Waals surface area contributed by atoms with Crippen LogP contribution in [0.3, 0.4) is 0 Å². The van der Waals surface area contributed by atoms with Gasteiger partial charge in [-0.05, 0) is 59.5 Å². The van der Waals surface area contributed by atoms with Crippen molar-refractivity contribution in [3.05, 3.63) is 113 Å². The van der Waals surface area contributed by atoms with E-state index in [1.165, 1.54) is 0 Å². The van der Waals surface area contributed by atoms with Gasteiger partial charge >= 0.3 is 0 Å². The number of hydrogen-bond donors (Lipinski definition) is 1. The second kappa shape index (κ2) is 10.9. The normalized spacial score (nSPS) is 11.7. The summed E-state index contributed by atoms with van der Waals surface area (Å²) in [5, 5.41) is 5.55. The average Bonchev–Trinajstić information content (AvgIpc) is 2.88. The second-order valence-corrected chi connectivity index (χ2v) is 8.62. The van der Waals surface area contributed by atoms with Gasteiger partial charge in [-0.2, -0.15) is 0 Å². The molecular weight excluding hydrogens is 446 g/mol. The fourth-order valence-corrected chi connectivity index (χ4v) is 4.16. The zero-order chi connectivity index (χ0) is 23.9. The maximum atomic E-state index is 13.6. The van der Waals surface area contributed by atoms with Crippen LogP contribution in [0.4, 0.5) is 0 Å². The van der Waals surface area contributed by atoms with Crippen LogP contribution in [0.1, 0.15) is 32.8 Å². The molecule has 4 rings (SSSR count). The van der Waals surface area contributed by atoms with Gasteiger partial charge in [-0.25, -0.2) is 0 Å². The minimum absolute atomic E-state index is 0.0492. The van der Waals surface area contributed by atoms with E-state index in [0.717, 1.165) is 16.3 Å². The molecule has 0 aliphatic rings. The number of pyridine rings is 1. The van der Waals surface area contributed by atoms with Crippen molar-refractivity contribution >= 4 is 34.2 Å². The Kier molecular flexibility index (Phi) is 7.55. The van der Waals surface area contributed by atoms with E-state index in [0.29, 0.717) is 35.7 Å². The van der Waals surface area contributed by atoms with Gasteiger partial charge in [0.1, 0.15) is 5.69 Å². The first kappa shape index (κ1) is 23.5. The topological polar surface area (TPSA) is 62.3 Å². The molecule has 1 heterocycles. The molecule has 0 spiro atoms. The number of halogens is 1. The lowest BCUT2D eigenvalue weighted by Crippen LogP contribution is -2.41. The summed E-state index contributed by atoms with van der Waals surface area (Å²) >= 11 is 6.06. The number of likely N-dealkylation sites (N-methyl/N-ethyl adjacent to an activating group) is 1. The molecular formula is C28H26ClN3O2. The molecule has 1 atom stereocenters. The van der Waals surface area contributed by atoms with E-state index in [1.807, 2.05) is 73.8 Å². The van der Waals surface area contributed by atoms with Gasteiger partial charge in [0.25, 0.3) is 11.8 Å². The molecule has 1 aromatic heterocycles. The van der Waals surface area contributed by atoms with E-state index in [9.17, 15) is 9.59 Å². The molecule has 0 aliphatic carbocycles. The van der Waals surface area contributed by atoms with Crippen LogP contribution in [0.15, 0.2) is 91.1 Å². The predicted octanol–water partition coefficient (Wildman–Crippen LogP) is 5.39. The second-order valence-electron chi connectivity index (χ2n) is 8.19. The lowest BCUT2D eigenvalue weighted by atomic mass is 9.99. The first-order valence-electron chi connectivity index (χ1n) is 11.2. The maximum Gasteiger partial charge on any atom is 0.269 e. The fourth-order valence-electron chi connectivity index (χ4n) is 4.03. The number of carbonyl (C=O) groups is 2. The fraction of sp³-hybridized carbons (Fsp3) is 0.179. The predicted molar refractivity (Wildman–Crippen MR) is 136 cm³/mol. The molecule has 6 heteroatoms. The van der Waals surface area contributed by atoms with Crippen molar-refractivity contribution in [2.75, 3.05) is 13.6 Å². The van der Waals surface area contributed by atoms with Crippen LogP contribution in [0, 0.1) is 0 Å². The van der Waals surface area contributed by atoms with Crippen molar-refractivity contribution < 1.29 is 9.59 Å². The third kappa shape index (κ3) is 5.61. The van der Waals surface area contributed by atoms with Crippen LogP contribution < -0.4 is 5.32 Å². The molecule has 5 nitrogen and oxygen atoms in total. The number of fused-ring (bicyclic) bond motifs is 1. The minimum atomic E-state index is -0.228. The van der Waals surface area contributed by atoms with Crippen molar-refractivity contribution in [2.24, 2.45) is 0 Å². The molecule has 172 valence electrons. The van der Waals surface area contributed by atoms with Gasteiger partial charge in [-0.3, -0.25) is 14.6 Å². The molecule has 0 fully saturated rings. The number of nitrogens with zero attached hydrogens (tertiary/aromatic N) is 2. The third-order valence-corrected chi connectivity index (χ3v) is 6.19. The van der Waals surface area contributed by atoms with Gasteiger partial charge < -0.3 is 10.2 Å². The summed E-state index contributed by atoms with van der Waals surface area (Å²) in [6.45, 7) is 0.417. The molecule has 3 aromatic carbocycles. The summed E-state index contributed by atoms with van der Waals surface area (Å²) < 4.78 is 0. The van der Waals surface area contributed by atoms with E-state index in [2.05, 4.69) is 10.3 Å². The van der Waals surface area contributed by atoms with Crippen LogP contribution in [0.25, 0.3) is 10.8 Å². The van der Waals surface area contributed by atoms with Crippen LogP contribution in [-0.4, -0.2) is 41.3 Å². The summed E-state index contributed by atoms with van der Waals surface area (Å²) in [6, 6.07) is 26.4. The van der Waals surface area contributed by atoms with Gasteiger partial charge in [0.2, 0.25) is 0 Å². The van der Waals surface area contributed by atoms with E-state index in [4.69, 9.17) is 11.6 Å². The molecule has 0 unspecified atom stereocenters. The highest BCUT2D eigenvalue weighted by Crippen LogP contribution is 2.22. The van der Waals surface area contributed by atoms with Crippen molar-refractivity contribution in [3.8, 4) is 0 Å². The minimum Gasteiger partial charge on any atom is -0.351 e. The SMILES string of the molecule is CN(C(=O)c1cccc2ccccc12)[C@H](CCNC(=O)c1ccccn1)Cc1ccc(Cl)cc1. The highest BCUT2D eigenvalue weighted by molar-refractivity contribution is 6.30. The summed E-state index contributed by atoms with van der Waals surface area (Å²) in [5.41, 5.74) is 2.11. The Balaban J connectivity index is 1.53. The highest BCUT2D eigenvalue weighted by atomic mass is 35.5. The molecule has 0 radical (unpaired) electrons. The Morgan fingerprint density at radius 3 is 2.44 bits per heavy atom. The zero-order valence-corrected chi connectivity index (χ0v) is 19.7. The van der Waals surface area contributed by atoms with Crippen LogP contribution in [0.5, 0.6) is 0 Å². The van der Waals surface area contributed by atoms with Crippen LogP contribution in [-0.2, 0) is 6.42 Å². The van der Waals surface area contributed by atoms with E-state index >= 15 is 0 Å². The van der Waals surface area contributed by atoms with Crippen molar-refractivity contribution in [1.82, 2.24) is 15.2 Å². The molecule has 0 saturated carbocycles. The van der Waals surface area contributed by atoms with E-state index in [1.54, 1.807) is 29.3 Å². The lowest BCUT2D eigenvalue weighted by molar-refractivity contribution is 0.0725. The van der Waals surface area contributed by atoms with Crippen LogP contribution in [0.2, 0.25) is 5.02 Å². The summed E-state index contributed by atoms with van der Waals surface area (Å²) in [7, 11) is 1.82. The number of hydrogen-bond acceptors (Lipinski definition) is 3. The maximum absolute atomic E-state index is 13.6. The highest BCUT2D eigenvalue weighted by Gasteiger charge is 2.23. The van der Waals surface area contributed by atoms with Gasteiger partial charge in [0.05, 0.1) is 0 Å². The molecule has 34 heavy (non-hydrogen) atoms. The number of aromatic nitrogens is 1. The molecule has 2 amide bonds. The monoisotopic (exact) mass is 471 g/mol. The Morgan fingerprint density at radius 1 is 0.941 bits per heavy atom. The Hall–Kier alpha value is -3.70. The Morgan fingerprint density at radius 2 is 1.68 bits per heavy atom. The van der Waals surface area contributed by atoms with E-state index < -0.39 is 0 Å². The quantitative estimate of drug-likeness (QED) is 0.374. The third-order valence-electron chi connectivity index (χ3n) is 5.93. The van der Waals surface area contributed by atoms with Gasteiger partial charge in [-0.15, -0.1) is 0 Å². The molecule has 0 saturated heterocycles. The molecule has 1 N–H and O–H groups in total. The first-order valence-corrected chi connectivity index (χ1v) is 11.6. The van der Waals surface area contributed by atoms with E-state index in [-0.39, 0.29) is 17.9 Å². The average molecular weight is 472 g/mol. The Labute approximate surface area is 204 Å². The number of rotatable bonds is 8. The smallest absolute Gasteiger partial charge is 0.269 e. The first-order chi connectivity index (χ1) is 16.5. The van der Waals surface area contributed by atoms with Crippen LogP contribution >= 0.6 is 11.6 Å². The standard InChI is InChI=1S/C28H26ClN3O2/c1-32(28(34)25-10-6-8-21-7-2-3-9-24(21)25)23(19-20-12-14-22(29)15-13-20)16-18-31-27(33)26-11-4-5-17-30-26/h2-15,17,23H,16,18-19H2,1H3,(H,31,33)/t23-/m1/s1. The summed E-state index contributed by atoms with van der Waals surface area (Å²) in [6.07, 6.45) is 2.83. The number of nitrogens with one attached hydrogen (secondary N) is 1. The molecule has 0 aliphatic heterocycles. The summed E-state index contributed by atoms with van der Waals surface area (Å²) in [5.74, 6) is -0.277. The van der Waals surface area contributed by atoms with Crippen molar-refractivity contribution in [2.45, 2.75) is 18.9 Å². The number of amides is 2. The molecule has 4 aromatic rings. The Bertz CT molecular complexity index is 1270. The van der Waals surface area contributed by atoms with Crippen molar-refractivity contribution in [1.29, 1.82) is 0 Å². The largest absolute Gasteiger partial charge is 0.351 e. The van der Waals surface area contributed by atoms with Crippen molar-refractivity contribution in [3.63, 3.8) is 0 Å².